The number of halogens is 1. The van der Waals surface area contributed by atoms with E-state index in [-0.39, 0.29) is 4.75 Å². The molecule has 0 fully saturated rings. The third-order valence-electron chi connectivity index (χ3n) is 1.43. The van der Waals surface area contributed by atoms with Gasteiger partial charge in [-0.05, 0) is 34.5 Å². The molecule has 0 N–H and O–H groups in total. The maximum Gasteiger partial charge on any atom is 0.0968 e. The molecule has 0 aliphatic rings. The fourth-order valence-corrected chi connectivity index (χ4v) is 2.07. The minimum Gasteiger partial charge on any atom is -0.249 e. The van der Waals surface area contributed by atoms with Crippen molar-refractivity contribution in [2.24, 2.45) is 0 Å². The third kappa shape index (κ3) is 3.69. The van der Waals surface area contributed by atoms with Crippen molar-refractivity contribution in [1.82, 2.24) is 4.98 Å². The zero-order chi connectivity index (χ0) is 10.1. The molecule has 0 bridgehead atoms. The smallest absolute Gasteiger partial charge is 0.0968 e. The minimum absolute atomic E-state index is 0.229. The summed E-state index contributed by atoms with van der Waals surface area (Å²) in [5, 5.41) is 1.09. The van der Waals surface area contributed by atoms with Crippen LogP contribution in [0.2, 0.25) is 0 Å². The van der Waals surface area contributed by atoms with E-state index in [4.69, 9.17) is 0 Å². The SMILES string of the molecule is Cc1cc(SC(C)(C)C)ncc1Br. The molecule has 0 aromatic carbocycles. The fourth-order valence-electron chi connectivity index (χ4n) is 0.883. The van der Waals surface area contributed by atoms with E-state index in [1.807, 2.05) is 6.20 Å². The predicted octanol–water partition coefficient (Wildman–Crippen LogP) is 4.04. The van der Waals surface area contributed by atoms with Gasteiger partial charge in [0.2, 0.25) is 0 Å². The first kappa shape index (κ1) is 11.1. The number of pyridine rings is 1. The minimum atomic E-state index is 0.229. The molecule has 1 aromatic rings. The molecule has 0 radical (unpaired) electrons. The van der Waals surface area contributed by atoms with Gasteiger partial charge in [-0.3, -0.25) is 0 Å². The Morgan fingerprint density at radius 1 is 1.38 bits per heavy atom. The number of aromatic nitrogens is 1. The van der Waals surface area contributed by atoms with Crippen LogP contribution in [-0.2, 0) is 0 Å². The molecule has 0 unspecified atom stereocenters. The van der Waals surface area contributed by atoms with Crippen LogP contribution in [0.4, 0.5) is 0 Å². The van der Waals surface area contributed by atoms with Crippen LogP contribution in [0.5, 0.6) is 0 Å². The van der Waals surface area contributed by atoms with Crippen LogP contribution in [0.25, 0.3) is 0 Å². The molecule has 0 aliphatic carbocycles. The van der Waals surface area contributed by atoms with Crippen molar-refractivity contribution in [3.8, 4) is 0 Å². The van der Waals surface area contributed by atoms with Crippen molar-refractivity contribution in [2.75, 3.05) is 0 Å². The molecule has 0 amide bonds. The van der Waals surface area contributed by atoms with E-state index in [2.05, 4.69) is 54.7 Å². The molecule has 1 heterocycles. The summed E-state index contributed by atoms with van der Waals surface area (Å²) in [6.07, 6.45) is 1.86. The van der Waals surface area contributed by atoms with Crippen LogP contribution in [0.1, 0.15) is 26.3 Å². The molecule has 1 aromatic heterocycles. The van der Waals surface area contributed by atoms with Crippen molar-refractivity contribution in [3.05, 3.63) is 22.3 Å². The summed E-state index contributed by atoms with van der Waals surface area (Å²) >= 11 is 5.23. The molecule has 3 heteroatoms. The molecular formula is C10H14BrNS. The zero-order valence-corrected chi connectivity index (χ0v) is 10.8. The Balaban J connectivity index is 2.86. The second kappa shape index (κ2) is 4.01. The molecular weight excluding hydrogens is 246 g/mol. The quantitative estimate of drug-likeness (QED) is 0.707. The summed E-state index contributed by atoms with van der Waals surface area (Å²) < 4.78 is 1.30. The largest absolute Gasteiger partial charge is 0.249 e. The van der Waals surface area contributed by atoms with Crippen molar-refractivity contribution in [3.63, 3.8) is 0 Å². The first-order chi connectivity index (χ1) is 5.88. The lowest BCUT2D eigenvalue weighted by Gasteiger charge is -2.16. The third-order valence-corrected chi connectivity index (χ3v) is 3.31. The molecule has 0 atom stereocenters. The van der Waals surface area contributed by atoms with Gasteiger partial charge >= 0.3 is 0 Å². The number of hydrogen-bond acceptors (Lipinski definition) is 2. The molecule has 72 valence electrons. The van der Waals surface area contributed by atoms with E-state index in [9.17, 15) is 0 Å². The molecule has 0 aliphatic heterocycles. The van der Waals surface area contributed by atoms with Crippen molar-refractivity contribution < 1.29 is 0 Å². The highest BCUT2D eigenvalue weighted by Crippen LogP contribution is 2.31. The van der Waals surface area contributed by atoms with Gasteiger partial charge in [-0.15, -0.1) is 11.8 Å². The van der Waals surface area contributed by atoms with Gasteiger partial charge in [0.1, 0.15) is 0 Å². The highest BCUT2D eigenvalue weighted by Gasteiger charge is 2.13. The number of thioether (sulfide) groups is 1. The lowest BCUT2D eigenvalue weighted by molar-refractivity contribution is 0.799. The van der Waals surface area contributed by atoms with Crippen LogP contribution in [0.15, 0.2) is 21.8 Å². The maximum absolute atomic E-state index is 4.34. The summed E-state index contributed by atoms with van der Waals surface area (Å²) in [6.45, 7) is 8.66. The summed E-state index contributed by atoms with van der Waals surface area (Å²) in [4.78, 5) is 4.34. The second-order valence-corrected chi connectivity index (χ2v) is 6.69. The lowest BCUT2D eigenvalue weighted by Crippen LogP contribution is -2.07. The summed E-state index contributed by atoms with van der Waals surface area (Å²) in [5.74, 6) is 0. The van der Waals surface area contributed by atoms with E-state index in [0.29, 0.717) is 0 Å². The summed E-state index contributed by atoms with van der Waals surface area (Å²) in [6, 6.07) is 2.11. The van der Waals surface area contributed by atoms with E-state index in [0.717, 1.165) is 9.50 Å². The Morgan fingerprint density at radius 3 is 2.46 bits per heavy atom. The van der Waals surface area contributed by atoms with Gasteiger partial charge < -0.3 is 0 Å². The van der Waals surface area contributed by atoms with Crippen LogP contribution < -0.4 is 0 Å². The van der Waals surface area contributed by atoms with Gasteiger partial charge in [0, 0.05) is 15.4 Å². The molecule has 1 nitrogen and oxygen atoms in total. The fraction of sp³-hybridized carbons (Fsp3) is 0.500. The van der Waals surface area contributed by atoms with Crippen molar-refractivity contribution in [2.45, 2.75) is 37.5 Å². The number of nitrogens with zero attached hydrogens (tertiary/aromatic N) is 1. The zero-order valence-electron chi connectivity index (χ0n) is 8.39. The van der Waals surface area contributed by atoms with E-state index < -0.39 is 0 Å². The first-order valence-corrected chi connectivity index (χ1v) is 5.80. The van der Waals surface area contributed by atoms with Crippen LogP contribution in [-0.4, -0.2) is 9.73 Å². The van der Waals surface area contributed by atoms with Crippen LogP contribution in [0.3, 0.4) is 0 Å². The van der Waals surface area contributed by atoms with Crippen LogP contribution >= 0.6 is 27.7 Å². The Bertz CT molecular complexity index is 304. The number of hydrogen-bond donors (Lipinski definition) is 0. The van der Waals surface area contributed by atoms with Gasteiger partial charge in [0.15, 0.2) is 0 Å². The molecule has 0 saturated carbocycles. The predicted molar refractivity (Wildman–Crippen MR) is 62.3 cm³/mol. The molecule has 0 spiro atoms. The Morgan fingerprint density at radius 2 is 2.00 bits per heavy atom. The summed E-state index contributed by atoms with van der Waals surface area (Å²) in [5.41, 5.74) is 1.24. The van der Waals surface area contributed by atoms with Crippen molar-refractivity contribution >= 4 is 27.7 Å². The Labute approximate surface area is 92.5 Å². The van der Waals surface area contributed by atoms with Crippen molar-refractivity contribution in [1.29, 1.82) is 0 Å². The number of aryl methyl sites for hydroxylation is 1. The van der Waals surface area contributed by atoms with E-state index in [1.165, 1.54) is 5.56 Å². The molecule has 0 saturated heterocycles. The van der Waals surface area contributed by atoms with Gasteiger partial charge in [-0.1, -0.05) is 20.8 Å². The maximum atomic E-state index is 4.34. The van der Waals surface area contributed by atoms with Gasteiger partial charge in [0.25, 0.3) is 0 Å². The lowest BCUT2D eigenvalue weighted by atomic mass is 10.3. The highest BCUT2D eigenvalue weighted by atomic mass is 79.9. The topological polar surface area (TPSA) is 12.9 Å². The van der Waals surface area contributed by atoms with Gasteiger partial charge in [-0.2, -0.15) is 0 Å². The average Bonchev–Trinajstić information content (AvgIpc) is 1.94. The van der Waals surface area contributed by atoms with E-state index in [1.54, 1.807) is 11.8 Å². The Kier molecular flexibility index (Phi) is 3.41. The summed E-state index contributed by atoms with van der Waals surface area (Å²) in [7, 11) is 0. The van der Waals surface area contributed by atoms with Crippen LogP contribution in [0, 0.1) is 6.92 Å². The average molecular weight is 260 g/mol. The number of rotatable bonds is 1. The molecule has 1 rings (SSSR count). The van der Waals surface area contributed by atoms with Gasteiger partial charge in [-0.25, -0.2) is 4.98 Å². The highest BCUT2D eigenvalue weighted by molar-refractivity contribution is 9.10. The first-order valence-electron chi connectivity index (χ1n) is 4.20. The normalized spacial score (nSPS) is 11.8. The Hall–Kier alpha value is -0.0200. The standard InChI is InChI=1S/C10H14BrNS/c1-7-5-9(12-6-8(7)11)13-10(2,3)4/h5-6H,1-4H3. The monoisotopic (exact) mass is 259 g/mol. The molecule has 13 heavy (non-hydrogen) atoms. The second-order valence-electron chi connectivity index (χ2n) is 3.99. The van der Waals surface area contributed by atoms with E-state index >= 15 is 0 Å². The van der Waals surface area contributed by atoms with Gasteiger partial charge in [0.05, 0.1) is 5.03 Å².